The zero-order chi connectivity index (χ0) is 21.2. The van der Waals surface area contributed by atoms with E-state index in [0.29, 0.717) is 25.0 Å². The number of aliphatic hydroxyl groups excluding tert-OH is 1. The van der Waals surface area contributed by atoms with Gasteiger partial charge >= 0.3 is 0 Å². The zero-order valence-electron chi connectivity index (χ0n) is 17.9. The summed E-state index contributed by atoms with van der Waals surface area (Å²) in [5.74, 6) is 0.870. The van der Waals surface area contributed by atoms with Crippen molar-refractivity contribution in [3.8, 4) is 0 Å². The third-order valence-electron chi connectivity index (χ3n) is 8.96. The highest BCUT2D eigenvalue weighted by Crippen LogP contribution is 2.67. The quantitative estimate of drug-likeness (QED) is 0.705. The molecule has 0 heterocycles. The molecule has 5 nitrogen and oxygen atoms in total. The summed E-state index contributed by atoms with van der Waals surface area (Å²) in [5, 5.41) is 22.9. The van der Waals surface area contributed by atoms with E-state index in [0.717, 1.165) is 25.7 Å². The topological polar surface area (TPSA) is 83.8 Å². The number of hydrogen-bond acceptors (Lipinski definition) is 5. The van der Waals surface area contributed by atoms with Crippen LogP contribution in [0.3, 0.4) is 0 Å². The van der Waals surface area contributed by atoms with Gasteiger partial charge in [0.05, 0.1) is 11.9 Å². The van der Waals surface area contributed by atoms with Crippen molar-refractivity contribution in [3.05, 3.63) is 24.0 Å². The Kier molecular flexibility index (Phi) is 4.86. The van der Waals surface area contributed by atoms with Crippen LogP contribution < -0.4 is 0 Å². The van der Waals surface area contributed by atoms with E-state index in [1.165, 1.54) is 5.57 Å². The van der Waals surface area contributed by atoms with Crippen LogP contribution in [0.2, 0.25) is 0 Å². The molecule has 0 aromatic heterocycles. The van der Waals surface area contributed by atoms with Gasteiger partial charge in [0.1, 0.15) is 12.2 Å². The van der Waals surface area contributed by atoms with Gasteiger partial charge in [-0.25, -0.2) is 0 Å². The van der Waals surface area contributed by atoms with Crippen molar-refractivity contribution < 1.29 is 24.5 Å². The summed E-state index contributed by atoms with van der Waals surface area (Å²) in [7, 11) is 0. The van der Waals surface area contributed by atoms with Gasteiger partial charge in [-0.05, 0) is 74.7 Å². The number of ketones is 2. The Labute approximate surface area is 173 Å². The van der Waals surface area contributed by atoms with E-state index in [1.807, 2.05) is 13.0 Å². The Morgan fingerprint density at radius 3 is 2.69 bits per heavy atom. The van der Waals surface area contributed by atoms with Crippen LogP contribution in [0.15, 0.2) is 24.0 Å². The first-order valence-corrected chi connectivity index (χ1v) is 11.0. The molecule has 4 aliphatic rings. The molecule has 0 aromatic carbocycles. The normalized spacial score (nSPS) is 46.2. The maximum Gasteiger partial charge on any atom is 0.202 e. The molecule has 4 aliphatic carbocycles. The minimum Gasteiger partial charge on any atom is -0.491 e. The zero-order valence-corrected chi connectivity index (χ0v) is 17.9. The fourth-order valence-electron chi connectivity index (χ4n) is 7.46. The molecule has 3 fully saturated rings. The molecule has 0 saturated heterocycles. The molecule has 4 rings (SSSR count). The lowest BCUT2D eigenvalue weighted by Crippen LogP contribution is -2.62. The fourth-order valence-corrected chi connectivity index (χ4v) is 7.46. The smallest absolute Gasteiger partial charge is 0.202 e. The van der Waals surface area contributed by atoms with E-state index in [-0.39, 0.29) is 41.3 Å². The van der Waals surface area contributed by atoms with E-state index in [4.69, 9.17) is 4.74 Å². The van der Waals surface area contributed by atoms with Crippen molar-refractivity contribution >= 4 is 11.6 Å². The molecule has 160 valence electrons. The Balaban J connectivity index is 1.65. The molecule has 0 aromatic rings. The second kappa shape index (κ2) is 6.78. The van der Waals surface area contributed by atoms with Crippen molar-refractivity contribution in [1.29, 1.82) is 0 Å². The molecule has 0 amide bonds. The summed E-state index contributed by atoms with van der Waals surface area (Å²) in [5.41, 5.74) is -1.10. The average Bonchev–Trinajstić information content (AvgIpc) is 2.91. The second-order valence-corrected chi connectivity index (χ2v) is 10.4. The highest BCUT2D eigenvalue weighted by Gasteiger charge is 2.68. The number of Topliss-reactive ketones (excluding diaryl/α,β-unsaturated/α-hetero) is 1. The van der Waals surface area contributed by atoms with Crippen LogP contribution in [0.4, 0.5) is 0 Å². The number of ether oxygens (including phenoxy) is 1. The van der Waals surface area contributed by atoms with Crippen molar-refractivity contribution in [2.24, 2.45) is 28.6 Å². The van der Waals surface area contributed by atoms with Crippen molar-refractivity contribution in [2.75, 3.05) is 6.61 Å². The van der Waals surface area contributed by atoms with E-state index in [2.05, 4.69) is 13.5 Å². The third-order valence-corrected chi connectivity index (χ3v) is 8.96. The molecule has 0 unspecified atom stereocenters. The largest absolute Gasteiger partial charge is 0.491 e. The van der Waals surface area contributed by atoms with Gasteiger partial charge in [-0.15, -0.1) is 0 Å². The average molecular weight is 403 g/mol. The predicted molar refractivity (Wildman–Crippen MR) is 109 cm³/mol. The summed E-state index contributed by atoms with van der Waals surface area (Å²) >= 11 is 0. The van der Waals surface area contributed by atoms with Gasteiger partial charge in [0.25, 0.3) is 0 Å². The lowest BCUT2D eigenvalue weighted by atomic mass is 9.45. The SMILES string of the molecule is C=C(C)OCC(=O)[C@@]1(O)CC[C@H]2[C@@H]3CCC4=CC(=O)CC[C@]4(C)[C@H]3[C@@H](O)C[C@@]21C. The van der Waals surface area contributed by atoms with Crippen LogP contribution in [-0.4, -0.2) is 40.1 Å². The Bertz CT molecular complexity index is 784. The molecule has 5 heteroatoms. The molecular weight excluding hydrogens is 368 g/mol. The number of fused-ring (bicyclic) bond motifs is 5. The van der Waals surface area contributed by atoms with Gasteiger partial charge in [0.2, 0.25) is 5.78 Å². The molecule has 7 atom stereocenters. The van der Waals surface area contributed by atoms with Crippen LogP contribution in [0.1, 0.15) is 65.7 Å². The second-order valence-electron chi connectivity index (χ2n) is 10.4. The van der Waals surface area contributed by atoms with Gasteiger partial charge in [0, 0.05) is 11.8 Å². The molecule has 29 heavy (non-hydrogen) atoms. The lowest BCUT2D eigenvalue weighted by molar-refractivity contribution is -0.182. The third kappa shape index (κ3) is 2.88. The number of allylic oxidation sites excluding steroid dienone is 2. The van der Waals surface area contributed by atoms with E-state index in [9.17, 15) is 19.8 Å². The Morgan fingerprint density at radius 2 is 2.00 bits per heavy atom. The molecule has 2 N–H and O–H groups in total. The summed E-state index contributed by atoms with van der Waals surface area (Å²) in [6.07, 6.45) is 5.94. The van der Waals surface area contributed by atoms with Crippen LogP contribution in [-0.2, 0) is 14.3 Å². The number of aliphatic hydroxyl groups is 2. The first kappa shape index (κ1) is 20.8. The number of carbonyl (C=O) groups is 2. The molecular formula is C24H34O5. The van der Waals surface area contributed by atoms with Crippen molar-refractivity contribution in [2.45, 2.75) is 77.4 Å². The highest BCUT2D eigenvalue weighted by atomic mass is 16.5. The minimum atomic E-state index is -1.47. The first-order valence-electron chi connectivity index (χ1n) is 11.0. The van der Waals surface area contributed by atoms with Crippen molar-refractivity contribution in [1.82, 2.24) is 0 Å². The highest BCUT2D eigenvalue weighted by molar-refractivity contribution is 5.92. The maximum absolute atomic E-state index is 13.0. The van der Waals surface area contributed by atoms with Gasteiger partial charge in [-0.3, -0.25) is 9.59 Å². The molecule has 0 aliphatic heterocycles. The van der Waals surface area contributed by atoms with E-state index in [1.54, 1.807) is 6.92 Å². The summed E-state index contributed by atoms with van der Waals surface area (Å²) < 4.78 is 5.33. The molecule has 0 spiro atoms. The Hall–Kier alpha value is -1.46. The van der Waals surface area contributed by atoms with Crippen LogP contribution >= 0.6 is 0 Å². The van der Waals surface area contributed by atoms with Crippen LogP contribution in [0.5, 0.6) is 0 Å². The number of carbonyl (C=O) groups excluding carboxylic acids is 2. The van der Waals surface area contributed by atoms with Crippen LogP contribution in [0, 0.1) is 28.6 Å². The van der Waals surface area contributed by atoms with Gasteiger partial charge < -0.3 is 14.9 Å². The predicted octanol–water partition coefficient (Wildman–Crippen LogP) is 3.34. The first-order chi connectivity index (χ1) is 13.5. The Morgan fingerprint density at radius 1 is 1.28 bits per heavy atom. The molecule has 0 bridgehead atoms. The monoisotopic (exact) mass is 402 g/mol. The molecule has 3 saturated carbocycles. The van der Waals surface area contributed by atoms with E-state index >= 15 is 0 Å². The summed E-state index contributed by atoms with van der Waals surface area (Å²) in [6.45, 7) is 9.38. The minimum absolute atomic E-state index is 0.0813. The van der Waals surface area contributed by atoms with Gasteiger partial charge in [-0.1, -0.05) is 26.0 Å². The van der Waals surface area contributed by atoms with Gasteiger partial charge in [0.15, 0.2) is 5.78 Å². The van der Waals surface area contributed by atoms with Crippen LogP contribution in [0.25, 0.3) is 0 Å². The molecule has 0 radical (unpaired) electrons. The van der Waals surface area contributed by atoms with E-state index < -0.39 is 17.1 Å². The summed E-state index contributed by atoms with van der Waals surface area (Å²) in [6, 6.07) is 0. The number of hydrogen-bond donors (Lipinski definition) is 2. The standard InChI is InChI=1S/C24H34O5/c1-14(2)29-13-20(27)24(28)10-8-18-17-6-5-15-11-16(25)7-9-22(15,3)21(17)19(26)12-23(18,24)4/h11,17-19,21,26,28H,1,5-10,12-13H2,2-4H3/t17-,18-,19-,21+,22-,23-,24-/m0/s1. The number of rotatable bonds is 4. The summed E-state index contributed by atoms with van der Waals surface area (Å²) in [4.78, 5) is 25.0. The fraction of sp³-hybridized carbons (Fsp3) is 0.750. The maximum atomic E-state index is 13.0. The van der Waals surface area contributed by atoms with Crippen molar-refractivity contribution in [3.63, 3.8) is 0 Å². The lowest BCUT2D eigenvalue weighted by Gasteiger charge is -2.60. The van der Waals surface area contributed by atoms with Gasteiger partial charge in [-0.2, -0.15) is 0 Å².